The van der Waals surface area contributed by atoms with Crippen molar-refractivity contribution in [2.75, 3.05) is 0 Å². The normalized spacial score (nSPS) is 12.4. The molecular weight excluding hydrogens is 253 g/mol. The second-order valence-electron chi connectivity index (χ2n) is 5.19. The van der Waals surface area contributed by atoms with E-state index in [0.717, 1.165) is 16.7 Å². The molecule has 0 spiro atoms. The lowest BCUT2D eigenvalue weighted by molar-refractivity contribution is 0.456. The standard InChI is InChI=1S/C17H20FNO/c1-11-7-8-14(9-16(11)18)13(3)19-10-15-6-4-5-12(2)17(15)20/h4-9,13,19-20H,10H2,1-3H3. The molecule has 0 amide bonds. The summed E-state index contributed by atoms with van der Waals surface area (Å²) in [6, 6.07) is 11.0. The lowest BCUT2D eigenvalue weighted by Crippen LogP contribution is -2.18. The second kappa shape index (κ2) is 6.06. The molecule has 0 aliphatic rings. The first-order valence-electron chi connectivity index (χ1n) is 6.76. The number of phenols is 1. The molecule has 0 aliphatic carbocycles. The second-order valence-corrected chi connectivity index (χ2v) is 5.19. The van der Waals surface area contributed by atoms with Gasteiger partial charge in [-0.15, -0.1) is 0 Å². The minimum atomic E-state index is -0.186. The number of para-hydroxylation sites is 1. The number of aromatic hydroxyl groups is 1. The number of rotatable bonds is 4. The Morgan fingerprint density at radius 1 is 1.15 bits per heavy atom. The van der Waals surface area contributed by atoms with Gasteiger partial charge in [-0.05, 0) is 43.5 Å². The van der Waals surface area contributed by atoms with Crippen molar-refractivity contribution in [3.63, 3.8) is 0 Å². The summed E-state index contributed by atoms with van der Waals surface area (Å²) in [5.41, 5.74) is 3.26. The lowest BCUT2D eigenvalue weighted by atomic mass is 10.0. The number of hydrogen-bond acceptors (Lipinski definition) is 2. The highest BCUT2D eigenvalue weighted by Crippen LogP contribution is 2.22. The molecule has 20 heavy (non-hydrogen) atoms. The zero-order chi connectivity index (χ0) is 14.7. The van der Waals surface area contributed by atoms with Crippen LogP contribution in [-0.4, -0.2) is 5.11 Å². The van der Waals surface area contributed by atoms with Crippen molar-refractivity contribution in [1.82, 2.24) is 5.32 Å². The van der Waals surface area contributed by atoms with Gasteiger partial charge in [0, 0.05) is 18.2 Å². The molecule has 0 aliphatic heterocycles. The Hall–Kier alpha value is -1.87. The molecule has 0 heterocycles. The van der Waals surface area contributed by atoms with Crippen molar-refractivity contribution in [3.05, 3.63) is 64.5 Å². The van der Waals surface area contributed by atoms with Gasteiger partial charge in [0.1, 0.15) is 11.6 Å². The van der Waals surface area contributed by atoms with Crippen LogP contribution in [0.4, 0.5) is 4.39 Å². The zero-order valence-corrected chi connectivity index (χ0v) is 12.1. The van der Waals surface area contributed by atoms with Crippen LogP contribution in [0.15, 0.2) is 36.4 Å². The highest BCUT2D eigenvalue weighted by molar-refractivity contribution is 5.39. The Morgan fingerprint density at radius 2 is 1.90 bits per heavy atom. The number of halogens is 1. The highest BCUT2D eigenvalue weighted by Gasteiger charge is 2.09. The summed E-state index contributed by atoms with van der Waals surface area (Å²) in [5, 5.41) is 13.3. The molecule has 2 nitrogen and oxygen atoms in total. The quantitative estimate of drug-likeness (QED) is 0.882. The Labute approximate surface area is 119 Å². The van der Waals surface area contributed by atoms with Gasteiger partial charge in [-0.1, -0.05) is 30.3 Å². The maximum Gasteiger partial charge on any atom is 0.126 e. The minimum Gasteiger partial charge on any atom is -0.507 e. The Morgan fingerprint density at radius 3 is 2.60 bits per heavy atom. The molecule has 0 bridgehead atoms. The molecule has 0 fully saturated rings. The van der Waals surface area contributed by atoms with Crippen LogP contribution < -0.4 is 5.32 Å². The summed E-state index contributed by atoms with van der Waals surface area (Å²) in [5.74, 6) is 0.136. The SMILES string of the molecule is Cc1ccc(C(C)NCc2cccc(C)c2O)cc1F. The third-order valence-electron chi connectivity index (χ3n) is 3.62. The average Bonchev–Trinajstić information content (AvgIpc) is 2.43. The van der Waals surface area contributed by atoms with E-state index in [1.165, 1.54) is 0 Å². The van der Waals surface area contributed by atoms with E-state index < -0.39 is 0 Å². The van der Waals surface area contributed by atoms with Crippen molar-refractivity contribution >= 4 is 0 Å². The molecule has 0 radical (unpaired) electrons. The van der Waals surface area contributed by atoms with Gasteiger partial charge < -0.3 is 10.4 Å². The van der Waals surface area contributed by atoms with Crippen molar-refractivity contribution < 1.29 is 9.50 Å². The van der Waals surface area contributed by atoms with Crippen molar-refractivity contribution in [1.29, 1.82) is 0 Å². The van der Waals surface area contributed by atoms with Gasteiger partial charge in [0.2, 0.25) is 0 Å². The van der Waals surface area contributed by atoms with Gasteiger partial charge in [-0.25, -0.2) is 4.39 Å². The first-order chi connectivity index (χ1) is 9.49. The first-order valence-corrected chi connectivity index (χ1v) is 6.76. The summed E-state index contributed by atoms with van der Waals surface area (Å²) in [4.78, 5) is 0. The van der Waals surface area contributed by atoms with Crippen LogP contribution in [0.1, 0.15) is 35.2 Å². The molecule has 2 N–H and O–H groups in total. The predicted molar refractivity (Wildman–Crippen MR) is 79.2 cm³/mol. The summed E-state index contributed by atoms with van der Waals surface area (Å²) in [6.45, 7) is 6.15. The molecule has 2 aromatic carbocycles. The molecule has 3 heteroatoms. The minimum absolute atomic E-state index is 0.0185. The van der Waals surface area contributed by atoms with E-state index in [0.29, 0.717) is 17.9 Å². The van der Waals surface area contributed by atoms with E-state index in [1.807, 2.05) is 38.1 Å². The van der Waals surface area contributed by atoms with Gasteiger partial charge >= 0.3 is 0 Å². The molecule has 0 saturated heterocycles. The fourth-order valence-electron chi connectivity index (χ4n) is 2.12. The molecule has 1 atom stereocenters. The van der Waals surface area contributed by atoms with E-state index in [2.05, 4.69) is 5.32 Å². The molecule has 0 aromatic heterocycles. The van der Waals surface area contributed by atoms with Gasteiger partial charge in [0.15, 0.2) is 0 Å². The molecule has 0 saturated carbocycles. The summed E-state index contributed by atoms with van der Waals surface area (Å²) >= 11 is 0. The van der Waals surface area contributed by atoms with Crippen LogP contribution in [-0.2, 0) is 6.54 Å². The number of benzene rings is 2. The largest absolute Gasteiger partial charge is 0.507 e. The maximum atomic E-state index is 13.6. The lowest BCUT2D eigenvalue weighted by Gasteiger charge is -2.16. The smallest absolute Gasteiger partial charge is 0.126 e. The summed E-state index contributed by atoms with van der Waals surface area (Å²) < 4.78 is 13.6. The molecule has 106 valence electrons. The van der Waals surface area contributed by atoms with Crippen LogP contribution >= 0.6 is 0 Å². The van der Waals surface area contributed by atoms with Gasteiger partial charge in [-0.3, -0.25) is 0 Å². The first kappa shape index (κ1) is 14.5. The van der Waals surface area contributed by atoms with E-state index in [1.54, 1.807) is 19.1 Å². The van der Waals surface area contributed by atoms with Gasteiger partial charge in [0.25, 0.3) is 0 Å². The van der Waals surface area contributed by atoms with Crippen molar-refractivity contribution in [2.45, 2.75) is 33.4 Å². The highest BCUT2D eigenvalue weighted by atomic mass is 19.1. The predicted octanol–water partition coefficient (Wildman–Crippen LogP) is 4.00. The monoisotopic (exact) mass is 273 g/mol. The van der Waals surface area contributed by atoms with E-state index in [9.17, 15) is 9.50 Å². The fraction of sp³-hybridized carbons (Fsp3) is 0.294. The maximum absolute atomic E-state index is 13.6. The fourth-order valence-corrected chi connectivity index (χ4v) is 2.12. The zero-order valence-electron chi connectivity index (χ0n) is 12.1. The molecule has 2 rings (SSSR count). The van der Waals surface area contributed by atoms with Crippen molar-refractivity contribution in [2.24, 2.45) is 0 Å². The van der Waals surface area contributed by atoms with Crippen LogP contribution in [0.25, 0.3) is 0 Å². The molecular formula is C17H20FNO. The number of aryl methyl sites for hydroxylation is 2. The van der Waals surface area contributed by atoms with E-state index in [-0.39, 0.29) is 11.9 Å². The molecule has 1 unspecified atom stereocenters. The number of nitrogens with one attached hydrogen (secondary N) is 1. The van der Waals surface area contributed by atoms with Crippen molar-refractivity contribution in [3.8, 4) is 5.75 Å². The third-order valence-corrected chi connectivity index (χ3v) is 3.62. The van der Waals surface area contributed by atoms with Gasteiger partial charge in [-0.2, -0.15) is 0 Å². The Kier molecular flexibility index (Phi) is 4.40. The summed E-state index contributed by atoms with van der Waals surface area (Å²) in [7, 11) is 0. The van der Waals surface area contributed by atoms with E-state index >= 15 is 0 Å². The van der Waals surface area contributed by atoms with Crippen LogP contribution in [0, 0.1) is 19.7 Å². The van der Waals surface area contributed by atoms with Gasteiger partial charge in [0.05, 0.1) is 0 Å². The van der Waals surface area contributed by atoms with Crippen LogP contribution in [0.2, 0.25) is 0 Å². The Balaban J connectivity index is 2.06. The topological polar surface area (TPSA) is 32.3 Å². The average molecular weight is 273 g/mol. The van der Waals surface area contributed by atoms with Crippen LogP contribution in [0.3, 0.4) is 0 Å². The number of phenolic OH excluding ortho intramolecular Hbond substituents is 1. The summed E-state index contributed by atoms with van der Waals surface area (Å²) in [6.07, 6.45) is 0. The third kappa shape index (κ3) is 3.17. The number of hydrogen-bond donors (Lipinski definition) is 2. The molecule has 2 aromatic rings. The van der Waals surface area contributed by atoms with E-state index in [4.69, 9.17) is 0 Å². The van der Waals surface area contributed by atoms with Crippen LogP contribution in [0.5, 0.6) is 5.75 Å². The Bertz CT molecular complexity index is 610.